The van der Waals surface area contributed by atoms with Crippen LogP contribution in [0.25, 0.3) is 0 Å². The second kappa shape index (κ2) is 6.89. The minimum absolute atomic E-state index is 0.0498. The summed E-state index contributed by atoms with van der Waals surface area (Å²) in [6.07, 6.45) is 0. The van der Waals surface area contributed by atoms with Crippen molar-refractivity contribution >= 4 is 34.0 Å². The molecule has 1 unspecified atom stereocenters. The lowest BCUT2D eigenvalue weighted by Gasteiger charge is -2.22. The van der Waals surface area contributed by atoms with Crippen molar-refractivity contribution in [3.63, 3.8) is 0 Å². The van der Waals surface area contributed by atoms with Crippen LogP contribution < -0.4 is 5.32 Å². The second-order valence-electron chi connectivity index (χ2n) is 4.37. The van der Waals surface area contributed by atoms with Crippen molar-refractivity contribution < 1.29 is 9.66 Å². The first-order valence-corrected chi connectivity index (χ1v) is 6.73. The normalized spacial score (nSPS) is 12.5. The molecule has 0 saturated heterocycles. The average molecular weight is 364 g/mol. The van der Waals surface area contributed by atoms with Crippen LogP contribution in [0.5, 0.6) is 0 Å². The fourth-order valence-electron chi connectivity index (χ4n) is 1.56. The summed E-state index contributed by atoms with van der Waals surface area (Å²) in [6.45, 7) is 4.62. The lowest BCUT2D eigenvalue weighted by Crippen LogP contribution is -2.30. The summed E-state index contributed by atoms with van der Waals surface area (Å²) in [4.78, 5) is 10.6. The van der Waals surface area contributed by atoms with Crippen molar-refractivity contribution in [2.24, 2.45) is 5.92 Å². The SMILES string of the molecule is COCC(Nc1ccc(I)cc1[N+](=O)[O-])C(C)C. The maximum absolute atomic E-state index is 11.0. The van der Waals surface area contributed by atoms with Gasteiger partial charge in [0, 0.05) is 16.7 Å². The van der Waals surface area contributed by atoms with E-state index in [0.29, 0.717) is 18.2 Å². The van der Waals surface area contributed by atoms with Crippen molar-refractivity contribution in [2.45, 2.75) is 19.9 Å². The predicted molar refractivity (Wildman–Crippen MR) is 79.9 cm³/mol. The van der Waals surface area contributed by atoms with Crippen LogP contribution in [0.1, 0.15) is 13.8 Å². The third-order valence-electron chi connectivity index (χ3n) is 2.65. The Bertz CT molecular complexity index is 424. The molecule has 1 aromatic carbocycles. The molecule has 1 N–H and O–H groups in total. The number of nitro groups is 1. The number of nitrogens with zero attached hydrogens (tertiary/aromatic N) is 1. The van der Waals surface area contributed by atoms with Crippen LogP contribution in [-0.4, -0.2) is 24.7 Å². The first-order chi connectivity index (χ1) is 8.45. The lowest BCUT2D eigenvalue weighted by atomic mass is 10.0. The van der Waals surface area contributed by atoms with E-state index in [9.17, 15) is 10.1 Å². The average Bonchev–Trinajstić information content (AvgIpc) is 2.30. The topological polar surface area (TPSA) is 64.4 Å². The molecule has 0 radical (unpaired) electrons. The molecular formula is C12H17IN2O3. The summed E-state index contributed by atoms with van der Waals surface area (Å²) in [5.41, 5.74) is 0.639. The molecule has 0 aliphatic heterocycles. The molecule has 0 spiro atoms. The lowest BCUT2D eigenvalue weighted by molar-refractivity contribution is -0.384. The van der Waals surface area contributed by atoms with E-state index >= 15 is 0 Å². The van der Waals surface area contributed by atoms with Gasteiger partial charge in [-0.15, -0.1) is 0 Å². The molecule has 5 nitrogen and oxygen atoms in total. The van der Waals surface area contributed by atoms with E-state index in [1.54, 1.807) is 19.2 Å². The number of anilines is 1. The molecule has 1 rings (SSSR count). The van der Waals surface area contributed by atoms with Gasteiger partial charge in [0.1, 0.15) is 5.69 Å². The van der Waals surface area contributed by atoms with Gasteiger partial charge in [0.05, 0.1) is 17.6 Å². The standard InChI is InChI=1S/C12H17IN2O3/c1-8(2)11(7-18-3)14-10-5-4-9(13)6-12(10)15(16)17/h4-6,8,11,14H,7H2,1-3H3. The van der Waals surface area contributed by atoms with Crippen LogP contribution in [0.3, 0.4) is 0 Å². The highest BCUT2D eigenvalue weighted by molar-refractivity contribution is 14.1. The molecule has 6 heteroatoms. The monoisotopic (exact) mass is 364 g/mol. The number of methoxy groups -OCH3 is 1. The molecule has 0 bridgehead atoms. The van der Waals surface area contributed by atoms with Crippen molar-refractivity contribution in [1.29, 1.82) is 0 Å². The zero-order valence-electron chi connectivity index (χ0n) is 10.6. The van der Waals surface area contributed by atoms with Gasteiger partial charge in [-0.25, -0.2) is 0 Å². The van der Waals surface area contributed by atoms with Gasteiger partial charge in [-0.2, -0.15) is 0 Å². The summed E-state index contributed by atoms with van der Waals surface area (Å²) in [5, 5.41) is 14.2. The molecule has 0 aromatic heterocycles. The molecule has 0 fully saturated rings. The molecule has 0 amide bonds. The van der Waals surface area contributed by atoms with Crippen molar-refractivity contribution in [3.05, 3.63) is 31.9 Å². The van der Waals surface area contributed by atoms with E-state index in [0.717, 1.165) is 3.57 Å². The number of halogens is 1. The number of nitro benzene ring substituents is 1. The quantitative estimate of drug-likeness (QED) is 0.478. The van der Waals surface area contributed by atoms with Gasteiger partial charge in [0.25, 0.3) is 5.69 Å². The molecule has 18 heavy (non-hydrogen) atoms. The highest BCUT2D eigenvalue weighted by atomic mass is 127. The Balaban J connectivity index is 2.98. The van der Waals surface area contributed by atoms with Gasteiger partial charge in [-0.3, -0.25) is 10.1 Å². The number of rotatable bonds is 6. The predicted octanol–water partition coefficient (Wildman–Crippen LogP) is 3.28. The third-order valence-corrected chi connectivity index (χ3v) is 3.32. The molecule has 100 valence electrons. The highest BCUT2D eigenvalue weighted by Crippen LogP contribution is 2.27. The summed E-state index contributed by atoms with van der Waals surface area (Å²) in [7, 11) is 1.62. The van der Waals surface area contributed by atoms with Crippen LogP contribution in [-0.2, 0) is 4.74 Å². The smallest absolute Gasteiger partial charge is 0.293 e. The molecule has 0 aliphatic rings. The first-order valence-electron chi connectivity index (χ1n) is 5.65. The maximum Gasteiger partial charge on any atom is 0.293 e. The summed E-state index contributed by atoms with van der Waals surface area (Å²) in [5.74, 6) is 0.323. The van der Waals surface area contributed by atoms with Gasteiger partial charge >= 0.3 is 0 Å². The molecule has 0 aliphatic carbocycles. The van der Waals surface area contributed by atoms with Crippen LogP contribution in [0.15, 0.2) is 18.2 Å². The first kappa shape index (κ1) is 15.2. The number of hydrogen-bond donors (Lipinski definition) is 1. The summed E-state index contributed by atoms with van der Waals surface area (Å²) < 4.78 is 5.97. The molecule has 1 atom stereocenters. The number of ether oxygens (including phenoxy) is 1. The molecule has 0 saturated carbocycles. The maximum atomic E-state index is 11.0. The molecule has 0 heterocycles. The number of benzene rings is 1. The van der Waals surface area contributed by atoms with Crippen LogP contribution in [0, 0.1) is 19.6 Å². The fraction of sp³-hybridized carbons (Fsp3) is 0.500. The molecule has 1 aromatic rings. The van der Waals surface area contributed by atoms with E-state index in [1.165, 1.54) is 0 Å². The van der Waals surface area contributed by atoms with Gasteiger partial charge in [-0.1, -0.05) is 13.8 Å². The van der Waals surface area contributed by atoms with E-state index in [2.05, 4.69) is 41.8 Å². The summed E-state index contributed by atoms with van der Waals surface area (Å²) in [6, 6.07) is 5.20. The Hall–Kier alpha value is -0.890. The van der Waals surface area contributed by atoms with Crippen LogP contribution in [0.2, 0.25) is 0 Å². The second-order valence-corrected chi connectivity index (χ2v) is 5.61. The third kappa shape index (κ3) is 4.09. The largest absolute Gasteiger partial charge is 0.383 e. The Morgan fingerprint density at radius 1 is 1.50 bits per heavy atom. The van der Waals surface area contributed by atoms with E-state index < -0.39 is 0 Å². The summed E-state index contributed by atoms with van der Waals surface area (Å²) >= 11 is 2.06. The van der Waals surface area contributed by atoms with Crippen molar-refractivity contribution in [3.8, 4) is 0 Å². The highest BCUT2D eigenvalue weighted by Gasteiger charge is 2.19. The van der Waals surface area contributed by atoms with Gasteiger partial charge in [-0.05, 0) is 40.6 Å². The van der Waals surface area contributed by atoms with Crippen LogP contribution >= 0.6 is 22.6 Å². The Labute approximate surface area is 120 Å². The van der Waals surface area contributed by atoms with E-state index in [-0.39, 0.29) is 16.7 Å². The van der Waals surface area contributed by atoms with Crippen LogP contribution in [0.4, 0.5) is 11.4 Å². The van der Waals surface area contributed by atoms with Crippen molar-refractivity contribution in [2.75, 3.05) is 19.0 Å². The minimum atomic E-state index is -0.366. The van der Waals surface area contributed by atoms with E-state index in [4.69, 9.17) is 4.74 Å². The Morgan fingerprint density at radius 3 is 2.67 bits per heavy atom. The zero-order valence-corrected chi connectivity index (χ0v) is 12.8. The number of nitrogens with one attached hydrogen (secondary N) is 1. The number of hydrogen-bond acceptors (Lipinski definition) is 4. The minimum Gasteiger partial charge on any atom is -0.383 e. The van der Waals surface area contributed by atoms with Gasteiger partial charge in [0.15, 0.2) is 0 Å². The zero-order chi connectivity index (χ0) is 13.7. The Kier molecular flexibility index (Phi) is 5.80. The van der Waals surface area contributed by atoms with Gasteiger partial charge in [0.2, 0.25) is 0 Å². The Morgan fingerprint density at radius 2 is 2.17 bits per heavy atom. The van der Waals surface area contributed by atoms with Gasteiger partial charge < -0.3 is 10.1 Å². The molecular weight excluding hydrogens is 347 g/mol. The fourth-order valence-corrected chi connectivity index (χ4v) is 2.03. The van der Waals surface area contributed by atoms with Crippen molar-refractivity contribution in [1.82, 2.24) is 0 Å². The van der Waals surface area contributed by atoms with E-state index in [1.807, 2.05) is 6.07 Å².